The van der Waals surface area contributed by atoms with Crippen LogP contribution >= 0.6 is 0 Å². The Morgan fingerprint density at radius 3 is 2.72 bits per heavy atom. The van der Waals surface area contributed by atoms with Gasteiger partial charge in [0.2, 0.25) is 5.91 Å². The molecular formula is C21H28N2O2. The summed E-state index contributed by atoms with van der Waals surface area (Å²) in [5.74, 6) is 1.52. The lowest BCUT2D eigenvalue weighted by Crippen LogP contribution is -2.50. The fourth-order valence-corrected chi connectivity index (χ4v) is 3.80. The molecule has 0 bridgehead atoms. The van der Waals surface area contributed by atoms with Gasteiger partial charge in [-0.3, -0.25) is 4.79 Å². The van der Waals surface area contributed by atoms with Gasteiger partial charge in [0, 0.05) is 19.1 Å². The van der Waals surface area contributed by atoms with Crippen LogP contribution in [0, 0.1) is 5.92 Å². The molecule has 4 nitrogen and oxygen atoms in total. The van der Waals surface area contributed by atoms with Crippen LogP contribution in [0.2, 0.25) is 0 Å². The number of carbonyl (C=O) groups excluding carboxylic acids is 1. The Morgan fingerprint density at radius 1 is 1.28 bits per heavy atom. The molecule has 1 aliphatic heterocycles. The molecule has 0 radical (unpaired) electrons. The van der Waals surface area contributed by atoms with Gasteiger partial charge < -0.3 is 15.4 Å². The number of ether oxygens (including phenoxy) is 1. The van der Waals surface area contributed by atoms with Crippen molar-refractivity contribution in [2.45, 2.75) is 38.6 Å². The molecule has 1 heterocycles. The summed E-state index contributed by atoms with van der Waals surface area (Å²) in [5.41, 5.74) is 6.98. The number of carbonyl (C=O) groups is 1. The summed E-state index contributed by atoms with van der Waals surface area (Å²) in [6.45, 7) is 5.60. The van der Waals surface area contributed by atoms with Gasteiger partial charge >= 0.3 is 0 Å². The number of piperidine rings is 1. The van der Waals surface area contributed by atoms with Crippen molar-refractivity contribution in [3.8, 4) is 5.75 Å². The molecule has 2 aromatic carbocycles. The number of nitrogens with zero attached hydrogens (tertiary/aromatic N) is 1. The standard InChI is InChI=1S/C21H28N2O2/c1-14-8-9-23(19(10-14)13-22)21(24)15(2)16-4-5-18-12-20(25-3)7-6-17(18)11-16/h4-7,11-12,14-15,19H,8-10,13,22H2,1-3H3. The van der Waals surface area contributed by atoms with E-state index in [1.54, 1.807) is 7.11 Å². The third kappa shape index (κ3) is 3.64. The minimum Gasteiger partial charge on any atom is -0.497 e. The maximum Gasteiger partial charge on any atom is 0.230 e. The monoisotopic (exact) mass is 340 g/mol. The highest BCUT2D eigenvalue weighted by Crippen LogP contribution is 2.29. The van der Waals surface area contributed by atoms with Gasteiger partial charge in [-0.1, -0.05) is 31.2 Å². The Kier molecular flexibility index (Phi) is 5.28. The van der Waals surface area contributed by atoms with Crippen molar-refractivity contribution >= 4 is 16.7 Å². The van der Waals surface area contributed by atoms with Crippen LogP contribution in [0.5, 0.6) is 5.75 Å². The first-order chi connectivity index (χ1) is 12.0. The topological polar surface area (TPSA) is 55.6 Å². The van der Waals surface area contributed by atoms with E-state index in [1.807, 2.05) is 36.1 Å². The molecule has 0 saturated carbocycles. The smallest absolute Gasteiger partial charge is 0.230 e. The summed E-state index contributed by atoms with van der Waals surface area (Å²) in [7, 11) is 1.67. The summed E-state index contributed by atoms with van der Waals surface area (Å²) in [6, 6.07) is 12.4. The average Bonchev–Trinajstić information content (AvgIpc) is 2.65. The number of fused-ring (bicyclic) bond motifs is 1. The molecule has 134 valence electrons. The lowest BCUT2D eigenvalue weighted by Gasteiger charge is -2.39. The number of rotatable bonds is 4. The van der Waals surface area contributed by atoms with E-state index in [9.17, 15) is 4.79 Å². The van der Waals surface area contributed by atoms with Crippen LogP contribution in [0.4, 0.5) is 0 Å². The number of nitrogens with two attached hydrogens (primary N) is 1. The Morgan fingerprint density at radius 2 is 2.00 bits per heavy atom. The van der Waals surface area contributed by atoms with Crippen molar-refractivity contribution in [3.05, 3.63) is 42.0 Å². The van der Waals surface area contributed by atoms with E-state index in [-0.39, 0.29) is 17.9 Å². The van der Waals surface area contributed by atoms with Gasteiger partial charge in [-0.25, -0.2) is 0 Å². The van der Waals surface area contributed by atoms with E-state index >= 15 is 0 Å². The largest absolute Gasteiger partial charge is 0.497 e. The molecule has 2 N–H and O–H groups in total. The molecule has 0 aromatic heterocycles. The van der Waals surface area contributed by atoms with Gasteiger partial charge in [0.25, 0.3) is 0 Å². The van der Waals surface area contributed by atoms with Crippen LogP contribution in [0.15, 0.2) is 36.4 Å². The van der Waals surface area contributed by atoms with Crippen molar-refractivity contribution in [2.24, 2.45) is 11.7 Å². The second-order valence-corrected chi connectivity index (χ2v) is 7.24. The van der Waals surface area contributed by atoms with Crippen molar-refractivity contribution in [3.63, 3.8) is 0 Å². The molecule has 3 atom stereocenters. The zero-order valence-electron chi connectivity index (χ0n) is 15.4. The highest BCUT2D eigenvalue weighted by Gasteiger charge is 2.31. The average molecular weight is 340 g/mol. The van der Waals surface area contributed by atoms with Crippen molar-refractivity contribution < 1.29 is 9.53 Å². The molecule has 1 aliphatic rings. The number of hydrogen-bond donors (Lipinski definition) is 1. The molecular weight excluding hydrogens is 312 g/mol. The molecule has 4 heteroatoms. The van der Waals surface area contributed by atoms with Crippen LogP contribution in [0.3, 0.4) is 0 Å². The fourth-order valence-electron chi connectivity index (χ4n) is 3.80. The Bertz CT molecular complexity index is 759. The molecule has 25 heavy (non-hydrogen) atoms. The second kappa shape index (κ2) is 7.44. The second-order valence-electron chi connectivity index (χ2n) is 7.24. The molecule has 3 rings (SSSR count). The Labute approximate surface area is 149 Å². The van der Waals surface area contributed by atoms with Crippen LogP contribution in [-0.2, 0) is 4.79 Å². The van der Waals surface area contributed by atoms with Gasteiger partial charge in [-0.15, -0.1) is 0 Å². The number of methoxy groups -OCH3 is 1. The van der Waals surface area contributed by atoms with Gasteiger partial charge in [0.15, 0.2) is 0 Å². The first-order valence-corrected chi connectivity index (χ1v) is 9.11. The van der Waals surface area contributed by atoms with Crippen molar-refractivity contribution in [1.29, 1.82) is 0 Å². The Balaban J connectivity index is 1.83. The lowest BCUT2D eigenvalue weighted by molar-refractivity contribution is -0.136. The number of benzene rings is 2. The normalized spacial score (nSPS) is 22.0. The van der Waals surface area contributed by atoms with Crippen LogP contribution < -0.4 is 10.5 Å². The van der Waals surface area contributed by atoms with E-state index < -0.39 is 0 Å². The molecule has 1 fully saturated rings. The zero-order valence-corrected chi connectivity index (χ0v) is 15.4. The van der Waals surface area contributed by atoms with E-state index in [0.29, 0.717) is 12.5 Å². The third-order valence-corrected chi connectivity index (χ3v) is 5.48. The van der Waals surface area contributed by atoms with Gasteiger partial charge in [0.05, 0.1) is 13.0 Å². The quantitative estimate of drug-likeness (QED) is 0.926. The Hall–Kier alpha value is -2.07. The van der Waals surface area contributed by atoms with Crippen LogP contribution in [-0.4, -0.2) is 37.0 Å². The molecule has 2 aromatic rings. The highest BCUT2D eigenvalue weighted by molar-refractivity contribution is 5.88. The lowest BCUT2D eigenvalue weighted by atomic mass is 9.90. The summed E-state index contributed by atoms with van der Waals surface area (Å²) in [5, 5.41) is 2.25. The van der Waals surface area contributed by atoms with Crippen molar-refractivity contribution in [1.82, 2.24) is 4.90 Å². The van der Waals surface area contributed by atoms with Crippen LogP contribution in [0.1, 0.15) is 38.2 Å². The number of hydrogen-bond acceptors (Lipinski definition) is 3. The van der Waals surface area contributed by atoms with Crippen LogP contribution in [0.25, 0.3) is 10.8 Å². The number of amides is 1. The predicted molar refractivity (Wildman–Crippen MR) is 102 cm³/mol. The maximum atomic E-state index is 13.1. The predicted octanol–water partition coefficient (Wildman–Crippen LogP) is 3.54. The fraction of sp³-hybridized carbons (Fsp3) is 0.476. The van der Waals surface area contributed by atoms with Gasteiger partial charge in [-0.05, 0) is 54.2 Å². The number of likely N-dealkylation sites (tertiary alicyclic amines) is 1. The summed E-state index contributed by atoms with van der Waals surface area (Å²) < 4.78 is 5.28. The summed E-state index contributed by atoms with van der Waals surface area (Å²) in [4.78, 5) is 15.1. The highest BCUT2D eigenvalue weighted by atomic mass is 16.5. The molecule has 1 saturated heterocycles. The maximum absolute atomic E-state index is 13.1. The molecule has 3 unspecified atom stereocenters. The SMILES string of the molecule is COc1ccc2cc(C(C)C(=O)N3CCC(C)CC3CN)ccc2c1. The summed E-state index contributed by atoms with van der Waals surface area (Å²) in [6.07, 6.45) is 2.07. The van der Waals surface area contributed by atoms with E-state index in [4.69, 9.17) is 10.5 Å². The minimum atomic E-state index is -0.158. The van der Waals surface area contributed by atoms with Gasteiger partial charge in [0.1, 0.15) is 5.75 Å². The van der Waals surface area contributed by atoms with Gasteiger partial charge in [-0.2, -0.15) is 0 Å². The minimum absolute atomic E-state index is 0.158. The summed E-state index contributed by atoms with van der Waals surface area (Å²) >= 11 is 0. The van der Waals surface area contributed by atoms with E-state index in [0.717, 1.165) is 41.5 Å². The first kappa shape index (κ1) is 17.7. The first-order valence-electron chi connectivity index (χ1n) is 9.11. The third-order valence-electron chi connectivity index (χ3n) is 5.48. The van der Waals surface area contributed by atoms with E-state index in [1.165, 1.54) is 0 Å². The zero-order chi connectivity index (χ0) is 18.0. The molecule has 1 amide bonds. The van der Waals surface area contributed by atoms with Crippen molar-refractivity contribution in [2.75, 3.05) is 20.2 Å². The van der Waals surface area contributed by atoms with E-state index in [2.05, 4.69) is 19.1 Å². The molecule has 0 spiro atoms. The molecule has 0 aliphatic carbocycles.